The summed E-state index contributed by atoms with van der Waals surface area (Å²) in [7, 11) is -3.22. The van der Waals surface area contributed by atoms with Crippen LogP contribution >= 0.6 is 0 Å². The van der Waals surface area contributed by atoms with Gasteiger partial charge in [0.15, 0.2) is 0 Å². The van der Waals surface area contributed by atoms with E-state index in [1.54, 1.807) is 23.8 Å². The summed E-state index contributed by atoms with van der Waals surface area (Å²) >= 11 is 0. The molecule has 1 saturated heterocycles. The molecule has 2 fully saturated rings. The summed E-state index contributed by atoms with van der Waals surface area (Å²) in [5.41, 5.74) is -0.536. The van der Waals surface area contributed by atoms with Crippen molar-refractivity contribution in [1.82, 2.24) is 13.9 Å². The molecule has 4 rings (SSSR count). The lowest BCUT2D eigenvalue weighted by Crippen LogP contribution is -2.42. The predicted molar refractivity (Wildman–Crippen MR) is 117 cm³/mol. The number of nitrogens with zero attached hydrogens (tertiary/aromatic N) is 4. The first-order chi connectivity index (χ1) is 14.6. The molecule has 2 N–H and O–H groups in total. The molecular formula is C21H27N5O4S. The van der Waals surface area contributed by atoms with E-state index in [4.69, 9.17) is 0 Å². The smallest absolute Gasteiger partial charge is 0.251 e. The number of aliphatic hydroxyl groups is 1. The molecular weight excluding hydrogens is 418 g/mol. The number of rotatable bonds is 4. The van der Waals surface area contributed by atoms with E-state index in [1.165, 1.54) is 16.6 Å². The summed E-state index contributed by atoms with van der Waals surface area (Å²) in [6.07, 6.45) is 6.08. The zero-order valence-electron chi connectivity index (χ0n) is 17.7. The summed E-state index contributed by atoms with van der Waals surface area (Å²) in [6, 6.07) is 4.87. The molecule has 0 spiro atoms. The lowest BCUT2D eigenvalue weighted by atomic mass is 9.99. The Balaban J connectivity index is 1.73. The van der Waals surface area contributed by atoms with Gasteiger partial charge in [0.2, 0.25) is 10.0 Å². The van der Waals surface area contributed by atoms with Crippen LogP contribution in [-0.4, -0.2) is 58.4 Å². The minimum Gasteiger partial charge on any atom is -0.388 e. The van der Waals surface area contributed by atoms with Gasteiger partial charge < -0.3 is 15.0 Å². The molecule has 0 bridgehead atoms. The van der Waals surface area contributed by atoms with Gasteiger partial charge in [-0.15, -0.1) is 0 Å². The topological polar surface area (TPSA) is 128 Å². The van der Waals surface area contributed by atoms with Gasteiger partial charge >= 0.3 is 0 Å². The molecule has 9 nitrogen and oxygen atoms in total. The number of sulfonamides is 1. The second kappa shape index (κ2) is 7.89. The highest BCUT2D eigenvalue weighted by Crippen LogP contribution is 2.40. The monoisotopic (exact) mass is 445 g/mol. The minimum absolute atomic E-state index is 0.0338. The van der Waals surface area contributed by atoms with E-state index in [2.05, 4.69) is 16.4 Å². The Labute approximate surface area is 181 Å². The molecule has 0 aromatic carbocycles. The molecule has 1 aliphatic carbocycles. The average Bonchev–Trinajstić information content (AvgIpc) is 3.06. The summed E-state index contributed by atoms with van der Waals surface area (Å²) in [4.78, 5) is 17.3. The Morgan fingerprint density at radius 3 is 2.58 bits per heavy atom. The first-order valence-electron chi connectivity index (χ1n) is 10.5. The maximum absolute atomic E-state index is 12.8. The highest BCUT2D eigenvalue weighted by Gasteiger charge is 2.39. The molecule has 0 amide bonds. The van der Waals surface area contributed by atoms with Gasteiger partial charge in [0, 0.05) is 36.8 Å². The van der Waals surface area contributed by atoms with Gasteiger partial charge in [0.1, 0.15) is 17.5 Å². The molecule has 31 heavy (non-hydrogen) atoms. The molecule has 10 heteroatoms. The van der Waals surface area contributed by atoms with Gasteiger partial charge in [-0.2, -0.15) is 5.26 Å². The third-order valence-corrected chi connectivity index (χ3v) is 7.83. The maximum atomic E-state index is 12.8. The van der Waals surface area contributed by atoms with Gasteiger partial charge in [-0.05, 0) is 45.1 Å². The highest BCUT2D eigenvalue weighted by molar-refractivity contribution is 7.88. The van der Waals surface area contributed by atoms with Gasteiger partial charge in [-0.1, -0.05) is 0 Å². The fourth-order valence-corrected chi connectivity index (χ4v) is 5.71. The lowest BCUT2D eigenvalue weighted by Gasteiger charge is -2.31. The van der Waals surface area contributed by atoms with Crippen LogP contribution in [0.4, 0.5) is 5.82 Å². The maximum Gasteiger partial charge on any atom is 0.251 e. The number of anilines is 1. The van der Waals surface area contributed by atoms with E-state index in [9.17, 15) is 23.6 Å². The Morgan fingerprint density at radius 2 is 2.00 bits per heavy atom. The van der Waals surface area contributed by atoms with Crippen LogP contribution < -0.4 is 10.9 Å². The largest absolute Gasteiger partial charge is 0.388 e. The highest BCUT2D eigenvalue weighted by atomic mass is 32.2. The summed E-state index contributed by atoms with van der Waals surface area (Å²) < 4.78 is 26.5. The Hall–Kier alpha value is -2.48. The SMILES string of the molecule is C[C@@]1(O)CCC[C@H]1n1c(=O)ccc2cnc(NC3CCN(S(C)(=O)=O)CC3)c(C#N)c21. The van der Waals surface area contributed by atoms with Crippen molar-refractivity contribution in [3.05, 3.63) is 34.2 Å². The van der Waals surface area contributed by atoms with Crippen molar-refractivity contribution in [2.75, 3.05) is 24.7 Å². The standard InChI is InChI=1S/C21H27N5O4S/c1-21(28)9-3-4-17(21)26-18(27)6-5-14-13-23-20(16(12-22)19(14)26)24-15-7-10-25(11-8-15)31(2,29)30/h5-6,13,15,17,28H,3-4,7-11H2,1-2H3,(H,23,24)/t17-,21-/m1/s1. The van der Waals surface area contributed by atoms with Crippen molar-refractivity contribution in [3.63, 3.8) is 0 Å². The van der Waals surface area contributed by atoms with E-state index >= 15 is 0 Å². The third kappa shape index (κ3) is 4.05. The van der Waals surface area contributed by atoms with E-state index in [0.29, 0.717) is 55.5 Å². The molecule has 1 saturated carbocycles. The average molecular weight is 446 g/mol. The minimum atomic E-state index is -3.22. The van der Waals surface area contributed by atoms with E-state index in [0.717, 1.165) is 6.42 Å². The van der Waals surface area contributed by atoms with Crippen LogP contribution in [0.15, 0.2) is 23.1 Å². The van der Waals surface area contributed by atoms with Crippen LogP contribution in [0.25, 0.3) is 10.9 Å². The first kappa shape index (κ1) is 21.7. The van der Waals surface area contributed by atoms with Crippen LogP contribution in [-0.2, 0) is 10.0 Å². The second-order valence-corrected chi connectivity index (χ2v) is 10.8. The summed E-state index contributed by atoms with van der Waals surface area (Å²) in [6.45, 7) is 2.54. The lowest BCUT2D eigenvalue weighted by molar-refractivity contribution is 0.0268. The van der Waals surface area contributed by atoms with Crippen molar-refractivity contribution in [2.24, 2.45) is 0 Å². The van der Waals surface area contributed by atoms with Crippen LogP contribution in [0.2, 0.25) is 0 Å². The van der Waals surface area contributed by atoms with E-state index < -0.39 is 21.7 Å². The number of pyridine rings is 2. The van der Waals surface area contributed by atoms with Gasteiger partial charge in [-0.25, -0.2) is 17.7 Å². The number of aromatic nitrogens is 2. The molecule has 0 unspecified atom stereocenters. The van der Waals surface area contributed by atoms with Crippen molar-refractivity contribution in [3.8, 4) is 6.07 Å². The molecule has 2 aliphatic rings. The van der Waals surface area contributed by atoms with Crippen LogP contribution in [0, 0.1) is 11.3 Å². The Bertz CT molecular complexity index is 1210. The first-order valence-corrected chi connectivity index (χ1v) is 12.3. The zero-order valence-corrected chi connectivity index (χ0v) is 18.5. The van der Waals surface area contributed by atoms with Gasteiger partial charge in [-0.3, -0.25) is 4.79 Å². The molecule has 2 aromatic rings. The van der Waals surface area contributed by atoms with E-state index in [1.807, 2.05) is 0 Å². The van der Waals surface area contributed by atoms with Crippen LogP contribution in [0.1, 0.15) is 50.6 Å². The van der Waals surface area contributed by atoms with Crippen molar-refractivity contribution < 1.29 is 13.5 Å². The fraction of sp³-hybridized carbons (Fsp3) is 0.571. The number of nitriles is 1. The van der Waals surface area contributed by atoms with Crippen molar-refractivity contribution >= 4 is 26.7 Å². The van der Waals surface area contributed by atoms with Crippen LogP contribution in [0.3, 0.4) is 0 Å². The molecule has 1 aliphatic heterocycles. The number of hydrogen-bond acceptors (Lipinski definition) is 7. The normalized spacial score (nSPS) is 25.5. The van der Waals surface area contributed by atoms with Gasteiger partial charge in [0.05, 0.1) is 23.4 Å². The number of hydrogen-bond donors (Lipinski definition) is 2. The number of nitrogens with one attached hydrogen (secondary N) is 1. The van der Waals surface area contributed by atoms with Crippen molar-refractivity contribution in [2.45, 2.75) is 56.7 Å². The second-order valence-electron chi connectivity index (χ2n) is 8.78. The van der Waals surface area contributed by atoms with Crippen LogP contribution in [0.5, 0.6) is 0 Å². The fourth-order valence-electron chi connectivity index (χ4n) is 4.84. The zero-order chi connectivity index (χ0) is 22.4. The van der Waals surface area contributed by atoms with Gasteiger partial charge in [0.25, 0.3) is 5.56 Å². The Kier molecular flexibility index (Phi) is 5.54. The number of piperidine rings is 1. The summed E-state index contributed by atoms with van der Waals surface area (Å²) in [5.74, 6) is 0.379. The molecule has 2 atom stereocenters. The molecule has 166 valence electrons. The number of fused-ring (bicyclic) bond motifs is 1. The summed E-state index contributed by atoms with van der Waals surface area (Å²) in [5, 5.41) is 24.8. The third-order valence-electron chi connectivity index (χ3n) is 6.53. The molecule has 2 aromatic heterocycles. The molecule has 0 radical (unpaired) electrons. The molecule has 3 heterocycles. The quantitative estimate of drug-likeness (QED) is 0.731. The predicted octanol–water partition coefficient (Wildman–Crippen LogP) is 1.58. The van der Waals surface area contributed by atoms with E-state index in [-0.39, 0.29) is 17.2 Å². The van der Waals surface area contributed by atoms with Crippen molar-refractivity contribution in [1.29, 1.82) is 5.26 Å². The Morgan fingerprint density at radius 1 is 1.29 bits per heavy atom.